The van der Waals surface area contributed by atoms with Gasteiger partial charge in [-0.05, 0) is 32.9 Å². The van der Waals surface area contributed by atoms with Gasteiger partial charge in [0.2, 0.25) is 0 Å². The Balaban J connectivity index is 2.25. The van der Waals surface area contributed by atoms with Crippen LogP contribution in [0.3, 0.4) is 0 Å². The summed E-state index contributed by atoms with van der Waals surface area (Å²) >= 11 is 3.37. The Bertz CT molecular complexity index is 468. The highest BCUT2D eigenvalue weighted by atomic mass is 79.9. The molecule has 18 heavy (non-hydrogen) atoms. The van der Waals surface area contributed by atoms with Gasteiger partial charge in [-0.2, -0.15) is 5.48 Å². The van der Waals surface area contributed by atoms with Crippen LogP contribution in [0.4, 0.5) is 0 Å². The van der Waals surface area contributed by atoms with Gasteiger partial charge in [-0.3, -0.25) is 4.79 Å². The number of hydrogen-bond acceptors (Lipinski definition) is 4. The first-order valence-corrected chi connectivity index (χ1v) is 6.58. The average Bonchev–Trinajstić information content (AvgIpc) is 2.25. The van der Waals surface area contributed by atoms with Gasteiger partial charge < -0.3 is 9.57 Å². The van der Waals surface area contributed by atoms with E-state index in [2.05, 4.69) is 21.4 Å². The third kappa shape index (κ3) is 3.03. The molecule has 1 unspecified atom stereocenters. The molecule has 1 N–H and O–H groups in total. The van der Waals surface area contributed by atoms with Crippen LogP contribution in [0, 0.1) is 0 Å². The van der Waals surface area contributed by atoms with E-state index >= 15 is 0 Å². The minimum atomic E-state index is -0.481. The van der Waals surface area contributed by atoms with Crippen LogP contribution in [-0.4, -0.2) is 18.1 Å². The van der Waals surface area contributed by atoms with Crippen molar-refractivity contribution >= 4 is 21.9 Å². The van der Waals surface area contributed by atoms with Gasteiger partial charge in [-0.15, -0.1) is 0 Å². The molecule has 0 spiro atoms. The lowest BCUT2D eigenvalue weighted by Gasteiger charge is -2.28. The fourth-order valence-corrected chi connectivity index (χ4v) is 2.12. The van der Waals surface area contributed by atoms with Gasteiger partial charge in [0.05, 0.1) is 0 Å². The van der Waals surface area contributed by atoms with Crippen LogP contribution < -0.4 is 10.3 Å². The minimum absolute atomic E-state index is 0.234. The molecule has 1 aromatic rings. The first-order valence-electron chi connectivity index (χ1n) is 5.79. The van der Waals surface area contributed by atoms with Crippen LogP contribution in [0.2, 0.25) is 0 Å². The lowest BCUT2D eigenvalue weighted by molar-refractivity contribution is -0.157. The summed E-state index contributed by atoms with van der Waals surface area (Å²) in [7, 11) is 0. The predicted octanol–water partition coefficient (Wildman–Crippen LogP) is 2.77. The number of halogens is 1. The topological polar surface area (TPSA) is 47.6 Å². The van der Waals surface area contributed by atoms with Crippen molar-refractivity contribution in [1.82, 2.24) is 5.48 Å². The highest BCUT2D eigenvalue weighted by Gasteiger charge is 2.31. The molecule has 0 aromatic heterocycles. The summed E-state index contributed by atoms with van der Waals surface area (Å²) in [5.74, 6) is 0.0921. The van der Waals surface area contributed by atoms with Crippen LogP contribution >= 0.6 is 15.9 Å². The van der Waals surface area contributed by atoms with Crippen LogP contribution in [0.25, 0.3) is 0 Å². The number of carbonyl (C=O) groups is 1. The van der Waals surface area contributed by atoms with Crippen LogP contribution in [0.15, 0.2) is 22.7 Å². The molecule has 5 heteroatoms. The largest absolute Gasteiger partial charge is 0.459 e. The molecule has 1 aliphatic rings. The van der Waals surface area contributed by atoms with Crippen molar-refractivity contribution in [3.63, 3.8) is 0 Å². The first kappa shape index (κ1) is 13.4. The van der Waals surface area contributed by atoms with Crippen molar-refractivity contribution < 1.29 is 14.4 Å². The molecular formula is C13H16BrNO3. The average molecular weight is 314 g/mol. The van der Waals surface area contributed by atoms with Gasteiger partial charge in [-0.25, -0.2) is 0 Å². The van der Waals surface area contributed by atoms with Crippen molar-refractivity contribution in [1.29, 1.82) is 0 Å². The molecule has 1 heterocycles. The third-order valence-corrected chi connectivity index (χ3v) is 3.01. The summed E-state index contributed by atoms with van der Waals surface area (Å²) in [6.07, 6.45) is 0. The summed E-state index contributed by atoms with van der Waals surface area (Å²) in [5, 5.41) is 0. The van der Waals surface area contributed by atoms with Crippen molar-refractivity contribution in [2.45, 2.75) is 32.3 Å². The van der Waals surface area contributed by atoms with E-state index < -0.39 is 5.60 Å². The fourth-order valence-electron chi connectivity index (χ4n) is 1.78. The third-order valence-electron chi connectivity index (χ3n) is 2.51. The van der Waals surface area contributed by atoms with Gasteiger partial charge in [0.25, 0.3) is 0 Å². The van der Waals surface area contributed by atoms with E-state index in [1.807, 2.05) is 39.0 Å². The number of ether oxygens (including phenoxy) is 1. The van der Waals surface area contributed by atoms with Gasteiger partial charge in [0.1, 0.15) is 11.5 Å². The van der Waals surface area contributed by atoms with Crippen molar-refractivity contribution in [2.75, 3.05) is 6.54 Å². The number of nitrogens with one attached hydrogen (secondary N) is 1. The lowest BCUT2D eigenvalue weighted by atomic mass is 9.97. The number of rotatable bonds is 1. The van der Waals surface area contributed by atoms with E-state index in [0.717, 1.165) is 10.0 Å². The molecule has 0 amide bonds. The maximum absolute atomic E-state index is 12.1. The number of esters is 1. The Morgan fingerprint density at radius 2 is 2.22 bits per heavy atom. The fraction of sp³-hybridized carbons (Fsp3) is 0.462. The quantitative estimate of drug-likeness (QED) is 0.810. The highest BCUT2D eigenvalue weighted by molar-refractivity contribution is 9.10. The molecule has 0 bridgehead atoms. The first-order chi connectivity index (χ1) is 8.37. The minimum Gasteiger partial charge on any atom is -0.459 e. The van der Waals surface area contributed by atoms with E-state index in [0.29, 0.717) is 12.3 Å². The van der Waals surface area contributed by atoms with Crippen molar-refractivity contribution in [2.24, 2.45) is 0 Å². The zero-order chi connectivity index (χ0) is 13.3. The summed E-state index contributed by atoms with van der Waals surface area (Å²) in [6.45, 7) is 6.00. The maximum Gasteiger partial charge on any atom is 0.315 e. The van der Waals surface area contributed by atoms with Gasteiger partial charge in [0.15, 0.2) is 5.75 Å². The van der Waals surface area contributed by atoms with E-state index in [1.165, 1.54) is 0 Å². The number of hydroxylamine groups is 1. The predicted molar refractivity (Wildman–Crippen MR) is 71.4 cm³/mol. The molecular weight excluding hydrogens is 298 g/mol. The molecule has 1 atom stereocenters. The van der Waals surface area contributed by atoms with Crippen LogP contribution in [0.1, 0.15) is 32.3 Å². The second-order valence-corrected chi connectivity index (χ2v) is 6.13. The molecule has 4 nitrogen and oxygen atoms in total. The van der Waals surface area contributed by atoms with E-state index in [1.54, 1.807) is 0 Å². The zero-order valence-corrected chi connectivity index (χ0v) is 12.2. The molecule has 1 aromatic carbocycles. The summed E-state index contributed by atoms with van der Waals surface area (Å²) in [5.41, 5.74) is 3.13. The SMILES string of the molecule is CC(C)(C)OC(=O)C1CNOc2cc(Br)ccc21. The molecule has 98 valence electrons. The van der Waals surface area contributed by atoms with Crippen LogP contribution in [-0.2, 0) is 9.53 Å². The standard InChI is InChI=1S/C13H16BrNO3/c1-13(2,3)17-12(16)10-7-15-18-11-6-8(14)4-5-9(10)11/h4-6,10,15H,7H2,1-3H3. The molecule has 0 fully saturated rings. The molecule has 1 aliphatic heterocycles. The summed E-state index contributed by atoms with van der Waals surface area (Å²) in [6, 6.07) is 5.61. The smallest absolute Gasteiger partial charge is 0.315 e. The van der Waals surface area contributed by atoms with Crippen LogP contribution in [0.5, 0.6) is 5.75 Å². The molecule has 0 aliphatic carbocycles. The van der Waals surface area contributed by atoms with Gasteiger partial charge >= 0.3 is 5.97 Å². The molecule has 0 saturated heterocycles. The monoisotopic (exact) mass is 313 g/mol. The molecule has 0 saturated carbocycles. The lowest BCUT2D eigenvalue weighted by Crippen LogP contribution is -2.37. The maximum atomic E-state index is 12.1. The number of hydrogen-bond donors (Lipinski definition) is 1. The summed E-state index contributed by atoms with van der Waals surface area (Å²) in [4.78, 5) is 17.5. The number of carbonyl (C=O) groups excluding carboxylic acids is 1. The Hall–Kier alpha value is -1.07. The normalized spacial score (nSPS) is 18.8. The van der Waals surface area contributed by atoms with E-state index in [-0.39, 0.29) is 11.9 Å². The highest BCUT2D eigenvalue weighted by Crippen LogP contribution is 2.33. The number of benzene rings is 1. The van der Waals surface area contributed by atoms with Gasteiger partial charge in [-0.1, -0.05) is 22.0 Å². The molecule has 2 rings (SSSR count). The second-order valence-electron chi connectivity index (χ2n) is 5.22. The Kier molecular flexibility index (Phi) is 3.64. The van der Waals surface area contributed by atoms with Gasteiger partial charge in [0, 0.05) is 16.6 Å². The Morgan fingerprint density at radius 3 is 2.89 bits per heavy atom. The Labute approximate surface area is 115 Å². The van der Waals surface area contributed by atoms with Crippen molar-refractivity contribution in [3.8, 4) is 5.75 Å². The van der Waals surface area contributed by atoms with E-state index in [9.17, 15) is 4.79 Å². The Morgan fingerprint density at radius 1 is 1.50 bits per heavy atom. The summed E-state index contributed by atoms with van der Waals surface area (Å²) < 4.78 is 6.33. The van der Waals surface area contributed by atoms with Crippen molar-refractivity contribution in [3.05, 3.63) is 28.2 Å². The number of fused-ring (bicyclic) bond motifs is 1. The zero-order valence-electron chi connectivity index (χ0n) is 10.6. The molecule has 0 radical (unpaired) electrons. The second kappa shape index (κ2) is 4.90. The van der Waals surface area contributed by atoms with E-state index in [4.69, 9.17) is 9.57 Å².